The number of rotatable bonds is 3. The lowest BCUT2D eigenvalue weighted by Crippen LogP contribution is -2.45. The number of hydrogen-bond acceptors (Lipinski definition) is 2. The van der Waals surface area contributed by atoms with Gasteiger partial charge in [-0.1, -0.05) is 15.9 Å². The molecule has 0 radical (unpaired) electrons. The van der Waals surface area contributed by atoms with Crippen LogP contribution in [0.5, 0.6) is 5.75 Å². The Morgan fingerprint density at radius 3 is 2.17 bits per heavy atom. The fourth-order valence-electron chi connectivity index (χ4n) is 2.41. The van der Waals surface area contributed by atoms with Gasteiger partial charge in [0.05, 0.1) is 11.7 Å². The maximum atomic E-state index is 9.88. The van der Waals surface area contributed by atoms with E-state index in [0.29, 0.717) is 5.92 Å². The van der Waals surface area contributed by atoms with Crippen molar-refractivity contribution in [2.75, 3.05) is 0 Å². The first kappa shape index (κ1) is 13.9. The highest BCUT2D eigenvalue weighted by atomic mass is 79.9. The van der Waals surface area contributed by atoms with Crippen LogP contribution in [0.25, 0.3) is 0 Å². The Balaban J connectivity index is 1.97. The fraction of sp³-hybridized carbons (Fsp3) is 0.600. The first-order valence-corrected chi connectivity index (χ1v) is 7.22. The van der Waals surface area contributed by atoms with E-state index in [0.717, 1.165) is 23.1 Å². The molecule has 2 nitrogen and oxygen atoms in total. The summed E-state index contributed by atoms with van der Waals surface area (Å²) in [5, 5.41) is 9.88. The second kappa shape index (κ2) is 4.86. The third-order valence-corrected chi connectivity index (χ3v) is 5.06. The van der Waals surface area contributed by atoms with Crippen molar-refractivity contribution in [2.24, 2.45) is 5.92 Å². The van der Waals surface area contributed by atoms with Crippen molar-refractivity contribution in [3.63, 3.8) is 0 Å². The van der Waals surface area contributed by atoms with Crippen molar-refractivity contribution in [3.8, 4) is 5.75 Å². The molecule has 0 aromatic heterocycles. The van der Waals surface area contributed by atoms with Crippen LogP contribution in [0.2, 0.25) is 0 Å². The number of aryl methyl sites for hydroxylation is 2. The summed E-state index contributed by atoms with van der Waals surface area (Å²) in [5.41, 5.74) is 1.82. The highest BCUT2D eigenvalue weighted by molar-refractivity contribution is 9.10. The molecule has 100 valence electrons. The van der Waals surface area contributed by atoms with Crippen LogP contribution in [0.15, 0.2) is 16.6 Å². The second-order valence-electron chi connectivity index (χ2n) is 5.93. The van der Waals surface area contributed by atoms with Crippen molar-refractivity contribution >= 4 is 15.9 Å². The van der Waals surface area contributed by atoms with Crippen molar-refractivity contribution in [1.82, 2.24) is 0 Å². The summed E-state index contributed by atoms with van der Waals surface area (Å²) < 4.78 is 7.11. The van der Waals surface area contributed by atoms with Crippen LogP contribution in [0, 0.1) is 19.8 Å². The van der Waals surface area contributed by atoms with Crippen LogP contribution in [-0.4, -0.2) is 16.8 Å². The zero-order valence-electron chi connectivity index (χ0n) is 11.5. The maximum Gasteiger partial charge on any atom is 0.120 e. The third-order valence-electron chi connectivity index (χ3n) is 3.81. The van der Waals surface area contributed by atoms with E-state index >= 15 is 0 Å². The van der Waals surface area contributed by atoms with Gasteiger partial charge in [-0.25, -0.2) is 0 Å². The van der Waals surface area contributed by atoms with Crippen molar-refractivity contribution in [1.29, 1.82) is 0 Å². The van der Waals surface area contributed by atoms with Crippen LogP contribution in [-0.2, 0) is 0 Å². The zero-order valence-corrected chi connectivity index (χ0v) is 13.0. The molecule has 1 aromatic rings. The van der Waals surface area contributed by atoms with Gasteiger partial charge in [-0.2, -0.15) is 0 Å². The molecule has 0 bridgehead atoms. The number of aliphatic hydroxyl groups is 1. The Labute approximate surface area is 117 Å². The normalized spacial score (nSPS) is 23.7. The molecule has 1 fully saturated rings. The van der Waals surface area contributed by atoms with E-state index in [9.17, 15) is 5.11 Å². The van der Waals surface area contributed by atoms with Gasteiger partial charge in [0.15, 0.2) is 0 Å². The highest BCUT2D eigenvalue weighted by Gasteiger charge is 2.40. The van der Waals surface area contributed by atoms with Crippen LogP contribution < -0.4 is 4.74 Å². The van der Waals surface area contributed by atoms with E-state index in [-0.39, 0.29) is 6.10 Å². The average molecular weight is 313 g/mol. The van der Waals surface area contributed by atoms with E-state index in [1.807, 2.05) is 13.8 Å². The number of ether oxygens (including phenoxy) is 1. The molecule has 0 spiro atoms. The second-order valence-corrected chi connectivity index (χ2v) is 6.73. The summed E-state index contributed by atoms with van der Waals surface area (Å²) in [7, 11) is 0. The zero-order chi connectivity index (χ0) is 13.5. The van der Waals surface area contributed by atoms with Gasteiger partial charge in [-0.05, 0) is 69.7 Å². The first-order chi connectivity index (χ1) is 8.27. The lowest BCUT2D eigenvalue weighted by Gasteiger charge is -2.42. The summed E-state index contributed by atoms with van der Waals surface area (Å²) >= 11 is 3.56. The van der Waals surface area contributed by atoms with E-state index < -0.39 is 5.60 Å². The van der Waals surface area contributed by atoms with E-state index in [2.05, 4.69) is 41.9 Å². The molecule has 0 saturated heterocycles. The van der Waals surface area contributed by atoms with Gasteiger partial charge in [0.25, 0.3) is 0 Å². The van der Waals surface area contributed by atoms with Gasteiger partial charge < -0.3 is 9.84 Å². The number of benzene rings is 1. The highest BCUT2D eigenvalue weighted by Crippen LogP contribution is 2.39. The van der Waals surface area contributed by atoms with Crippen LogP contribution >= 0.6 is 15.9 Å². The summed E-state index contributed by atoms with van der Waals surface area (Å²) in [4.78, 5) is 0. The van der Waals surface area contributed by atoms with Crippen LogP contribution in [0.4, 0.5) is 0 Å². The predicted octanol–water partition coefficient (Wildman–Crippen LogP) is 3.99. The molecule has 3 heteroatoms. The van der Waals surface area contributed by atoms with Crippen molar-refractivity contribution < 1.29 is 9.84 Å². The van der Waals surface area contributed by atoms with Crippen molar-refractivity contribution in [3.05, 3.63) is 27.7 Å². The van der Waals surface area contributed by atoms with Gasteiger partial charge >= 0.3 is 0 Å². The molecule has 0 unspecified atom stereocenters. The third kappa shape index (κ3) is 2.89. The molecule has 1 aliphatic rings. The Bertz CT molecular complexity index is 419. The van der Waals surface area contributed by atoms with E-state index in [1.165, 1.54) is 11.1 Å². The van der Waals surface area contributed by atoms with Crippen LogP contribution in [0.1, 0.15) is 37.8 Å². The summed E-state index contributed by atoms with van der Waals surface area (Å²) in [5.74, 6) is 1.30. The molecule has 0 heterocycles. The van der Waals surface area contributed by atoms with E-state index in [4.69, 9.17) is 4.74 Å². The average Bonchev–Trinajstić information content (AvgIpc) is 2.17. The Hall–Kier alpha value is -0.540. The summed E-state index contributed by atoms with van der Waals surface area (Å²) in [6.07, 6.45) is 2.14. The number of hydrogen-bond donors (Lipinski definition) is 1. The Morgan fingerprint density at radius 1 is 1.22 bits per heavy atom. The van der Waals surface area contributed by atoms with Gasteiger partial charge in [-0.3, -0.25) is 0 Å². The molecular weight excluding hydrogens is 292 g/mol. The van der Waals surface area contributed by atoms with Gasteiger partial charge in [-0.15, -0.1) is 0 Å². The lowest BCUT2D eigenvalue weighted by atomic mass is 9.72. The van der Waals surface area contributed by atoms with Crippen LogP contribution in [0.3, 0.4) is 0 Å². The van der Waals surface area contributed by atoms with Crippen molar-refractivity contribution in [2.45, 2.75) is 52.2 Å². The largest absolute Gasteiger partial charge is 0.490 e. The van der Waals surface area contributed by atoms with Gasteiger partial charge in [0, 0.05) is 4.47 Å². The van der Waals surface area contributed by atoms with E-state index in [1.54, 1.807) is 0 Å². The summed E-state index contributed by atoms with van der Waals surface area (Å²) in [6, 6.07) is 4.13. The monoisotopic (exact) mass is 312 g/mol. The molecule has 2 rings (SSSR count). The molecule has 0 atom stereocenters. The Kier molecular flexibility index (Phi) is 3.75. The SMILES string of the molecule is Cc1cc(O[C@H]2C[C@@H](C(C)(C)O)C2)cc(C)c1Br. The van der Waals surface area contributed by atoms with Gasteiger partial charge in [0.2, 0.25) is 0 Å². The topological polar surface area (TPSA) is 29.5 Å². The smallest absolute Gasteiger partial charge is 0.120 e. The van der Waals surface area contributed by atoms with Gasteiger partial charge in [0.1, 0.15) is 5.75 Å². The summed E-state index contributed by atoms with van der Waals surface area (Å²) in [6.45, 7) is 7.90. The predicted molar refractivity (Wildman–Crippen MR) is 77.1 cm³/mol. The fourth-order valence-corrected chi connectivity index (χ4v) is 2.63. The quantitative estimate of drug-likeness (QED) is 0.914. The molecule has 0 aliphatic heterocycles. The lowest BCUT2D eigenvalue weighted by molar-refractivity contribution is -0.0673. The number of halogens is 1. The molecular formula is C15H21BrO2. The minimum absolute atomic E-state index is 0.251. The molecule has 1 aromatic carbocycles. The molecule has 0 amide bonds. The molecule has 1 saturated carbocycles. The Morgan fingerprint density at radius 2 is 1.72 bits per heavy atom. The molecule has 18 heavy (non-hydrogen) atoms. The minimum Gasteiger partial charge on any atom is -0.490 e. The molecule has 1 N–H and O–H groups in total. The molecule has 1 aliphatic carbocycles. The first-order valence-electron chi connectivity index (χ1n) is 6.43. The standard InChI is InChI=1S/C15H21BrO2/c1-9-5-12(6-10(2)14(9)16)18-13-7-11(8-13)15(3,4)17/h5-6,11,13,17H,7-8H2,1-4H3/t11-,13+. The minimum atomic E-state index is -0.578. The maximum absolute atomic E-state index is 9.88.